The third kappa shape index (κ3) is 3.36. The van der Waals surface area contributed by atoms with Crippen molar-refractivity contribution in [3.63, 3.8) is 0 Å². The summed E-state index contributed by atoms with van der Waals surface area (Å²) in [4.78, 5) is 0. The van der Waals surface area contributed by atoms with Crippen LogP contribution in [0.1, 0.15) is 0 Å². The largest absolute Gasteiger partial charge is 0.492 e. The first-order chi connectivity index (χ1) is 7.60. The molecule has 6 heteroatoms. The fourth-order valence-electron chi connectivity index (χ4n) is 1.15. The summed E-state index contributed by atoms with van der Waals surface area (Å²) in [6.07, 6.45) is -0.672. The van der Waals surface area contributed by atoms with Gasteiger partial charge in [-0.1, -0.05) is 0 Å². The number of ether oxygens (including phenoxy) is 1. The van der Waals surface area contributed by atoms with Gasteiger partial charge in [-0.15, -0.1) is 11.6 Å². The third-order valence-electron chi connectivity index (χ3n) is 1.96. The molecule has 0 aliphatic carbocycles. The summed E-state index contributed by atoms with van der Waals surface area (Å²) in [6.45, 7) is 0.250. The Hall–Kier alpha value is -0.270. The smallest absolute Gasteiger partial charge is 0.180 e. The van der Waals surface area contributed by atoms with Crippen LogP contribution in [0.5, 0.6) is 5.75 Å². The minimum Gasteiger partial charge on any atom is -0.492 e. The number of hydrogen-bond donors (Lipinski definition) is 2. The molecule has 0 spiro atoms. The van der Waals surface area contributed by atoms with Crippen molar-refractivity contribution in [2.75, 3.05) is 24.9 Å². The molecule has 0 fully saturated rings. The monoisotopic (exact) mass is 359 g/mol. The summed E-state index contributed by atoms with van der Waals surface area (Å²) in [7, 11) is 1.40. The maximum atomic E-state index is 13.6. The number of rotatable bonds is 5. The molecule has 90 valence electrons. The van der Waals surface area contributed by atoms with Crippen LogP contribution in [0.4, 0.5) is 10.1 Å². The fourth-order valence-corrected chi connectivity index (χ4v) is 1.69. The van der Waals surface area contributed by atoms with E-state index in [1.165, 1.54) is 7.11 Å². The lowest BCUT2D eigenvalue weighted by atomic mass is 10.2. The Morgan fingerprint density at radius 2 is 2.31 bits per heavy atom. The molecule has 0 saturated carbocycles. The molecular weight excluding hydrogens is 347 g/mol. The van der Waals surface area contributed by atoms with Gasteiger partial charge in [-0.25, -0.2) is 4.39 Å². The van der Waals surface area contributed by atoms with Crippen LogP contribution in [0.15, 0.2) is 12.1 Å². The molecule has 1 atom stereocenters. The number of benzene rings is 1. The molecule has 2 N–H and O–H groups in total. The van der Waals surface area contributed by atoms with Crippen molar-refractivity contribution >= 4 is 39.9 Å². The SMILES string of the molecule is COc1c(NCC(O)CCl)ccc(I)c1F. The highest BCUT2D eigenvalue weighted by Gasteiger charge is 2.13. The third-order valence-corrected chi connectivity index (χ3v) is 3.15. The zero-order valence-electron chi connectivity index (χ0n) is 8.64. The second-order valence-electron chi connectivity index (χ2n) is 3.13. The normalized spacial score (nSPS) is 12.3. The quantitative estimate of drug-likeness (QED) is 0.627. The van der Waals surface area contributed by atoms with Crippen LogP contribution in [0.3, 0.4) is 0 Å². The van der Waals surface area contributed by atoms with E-state index in [1.54, 1.807) is 12.1 Å². The van der Waals surface area contributed by atoms with Gasteiger partial charge < -0.3 is 15.2 Å². The maximum Gasteiger partial charge on any atom is 0.180 e. The Labute approximate surface area is 112 Å². The van der Waals surface area contributed by atoms with Gasteiger partial charge in [0.05, 0.1) is 28.4 Å². The molecular formula is C10H12ClFINO2. The van der Waals surface area contributed by atoms with Crippen LogP contribution >= 0.6 is 34.2 Å². The van der Waals surface area contributed by atoms with Crippen molar-refractivity contribution in [2.45, 2.75) is 6.10 Å². The summed E-state index contributed by atoms with van der Waals surface area (Å²) in [6, 6.07) is 3.33. The molecule has 1 aromatic rings. The molecule has 0 bridgehead atoms. The maximum absolute atomic E-state index is 13.6. The summed E-state index contributed by atoms with van der Waals surface area (Å²) in [5, 5.41) is 12.2. The van der Waals surface area contributed by atoms with Gasteiger partial charge >= 0.3 is 0 Å². The zero-order valence-corrected chi connectivity index (χ0v) is 11.5. The van der Waals surface area contributed by atoms with Crippen LogP contribution in [0, 0.1) is 9.39 Å². The highest BCUT2D eigenvalue weighted by Crippen LogP contribution is 2.30. The van der Waals surface area contributed by atoms with Gasteiger partial charge in [0.1, 0.15) is 0 Å². The van der Waals surface area contributed by atoms with Gasteiger partial charge in [0.2, 0.25) is 0 Å². The van der Waals surface area contributed by atoms with E-state index in [9.17, 15) is 9.50 Å². The summed E-state index contributed by atoms with van der Waals surface area (Å²) < 4.78 is 19.1. The van der Waals surface area contributed by atoms with Crippen molar-refractivity contribution in [3.05, 3.63) is 21.5 Å². The first kappa shape index (κ1) is 13.8. The van der Waals surface area contributed by atoms with Crippen molar-refractivity contribution < 1.29 is 14.2 Å². The van der Waals surface area contributed by atoms with E-state index in [0.717, 1.165) is 0 Å². The van der Waals surface area contributed by atoms with Crippen LogP contribution in [-0.4, -0.2) is 30.7 Å². The van der Waals surface area contributed by atoms with Gasteiger partial charge in [-0.2, -0.15) is 0 Å². The van der Waals surface area contributed by atoms with Crippen molar-refractivity contribution in [2.24, 2.45) is 0 Å². The van der Waals surface area contributed by atoms with E-state index in [2.05, 4.69) is 5.32 Å². The molecule has 1 rings (SSSR count). The van der Waals surface area contributed by atoms with Crippen LogP contribution in [0.25, 0.3) is 0 Å². The fraction of sp³-hybridized carbons (Fsp3) is 0.400. The molecule has 16 heavy (non-hydrogen) atoms. The predicted octanol–water partition coefficient (Wildman–Crippen LogP) is 2.45. The molecule has 1 aromatic carbocycles. The lowest BCUT2D eigenvalue weighted by Crippen LogP contribution is -2.21. The lowest BCUT2D eigenvalue weighted by molar-refractivity contribution is 0.211. The molecule has 0 aliphatic heterocycles. The highest BCUT2D eigenvalue weighted by molar-refractivity contribution is 14.1. The standard InChI is InChI=1S/C10H12ClFINO2/c1-16-10-8(14-5-6(15)4-11)3-2-7(13)9(10)12/h2-3,6,14-15H,4-5H2,1H3. The molecule has 3 nitrogen and oxygen atoms in total. The van der Waals surface area contributed by atoms with Gasteiger partial charge in [0.15, 0.2) is 11.6 Å². The van der Waals surface area contributed by atoms with E-state index < -0.39 is 11.9 Å². The minimum absolute atomic E-state index is 0.127. The van der Waals surface area contributed by atoms with Crippen molar-refractivity contribution in [1.82, 2.24) is 0 Å². The molecule has 0 radical (unpaired) electrons. The van der Waals surface area contributed by atoms with Crippen molar-refractivity contribution in [3.8, 4) is 5.75 Å². The summed E-state index contributed by atoms with van der Waals surface area (Å²) >= 11 is 7.34. The number of nitrogens with one attached hydrogen (secondary N) is 1. The number of halogens is 3. The number of alkyl halides is 1. The minimum atomic E-state index is -0.672. The van der Waals surface area contributed by atoms with Gasteiger partial charge in [0.25, 0.3) is 0 Å². The van der Waals surface area contributed by atoms with Gasteiger partial charge in [-0.05, 0) is 34.7 Å². The van der Waals surface area contributed by atoms with Crippen LogP contribution in [0.2, 0.25) is 0 Å². The molecule has 1 unspecified atom stereocenters. The average Bonchev–Trinajstić information content (AvgIpc) is 2.30. The topological polar surface area (TPSA) is 41.5 Å². The van der Waals surface area contributed by atoms with Gasteiger partial charge in [0, 0.05) is 6.54 Å². The number of hydrogen-bond acceptors (Lipinski definition) is 3. The number of aliphatic hydroxyl groups is 1. The average molecular weight is 360 g/mol. The van der Waals surface area contributed by atoms with Crippen LogP contribution in [-0.2, 0) is 0 Å². The molecule has 0 aromatic heterocycles. The lowest BCUT2D eigenvalue weighted by Gasteiger charge is -2.14. The number of aliphatic hydroxyl groups excluding tert-OH is 1. The Kier molecular flexibility index (Phi) is 5.57. The summed E-state index contributed by atoms with van der Waals surface area (Å²) in [5.74, 6) is -0.135. The second kappa shape index (κ2) is 6.46. The molecule has 0 saturated heterocycles. The van der Waals surface area contributed by atoms with E-state index in [1.807, 2.05) is 22.6 Å². The number of methoxy groups -OCH3 is 1. The van der Waals surface area contributed by atoms with Gasteiger partial charge in [-0.3, -0.25) is 0 Å². The Morgan fingerprint density at radius 3 is 2.88 bits per heavy atom. The van der Waals surface area contributed by atoms with E-state index >= 15 is 0 Å². The highest BCUT2D eigenvalue weighted by atomic mass is 127. The first-order valence-corrected chi connectivity index (χ1v) is 6.21. The second-order valence-corrected chi connectivity index (χ2v) is 4.60. The summed E-state index contributed by atoms with van der Waals surface area (Å²) in [5.41, 5.74) is 0.504. The van der Waals surface area contributed by atoms with E-state index in [-0.39, 0.29) is 18.2 Å². The first-order valence-electron chi connectivity index (χ1n) is 4.60. The molecule has 0 heterocycles. The zero-order chi connectivity index (χ0) is 12.1. The Morgan fingerprint density at radius 1 is 1.62 bits per heavy atom. The number of anilines is 1. The van der Waals surface area contributed by atoms with E-state index in [0.29, 0.717) is 9.26 Å². The Balaban J connectivity index is 2.84. The van der Waals surface area contributed by atoms with Crippen LogP contribution < -0.4 is 10.1 Å². The predicted molar refractivity (Wildman–Crippen MR) is 70.9 cm³/mol. The Bertz CT molecular complexity index is 365. The van der Waals surface area contributed by atoms with Crippen molar-refractivity contribution in [1.29, 1.82) is 0 Å². The van der Waals surface area contributed by atoms with E-state index in [4.69, 9.17) is 16.3 Å². The molecule has 0 amide bonds. The molecule has 0 aliphatic rings.